The highest BCUT2D eigenvalue weighted by Crippen LogP contribution is 2.24. The topological polar surface area (TPSA) is 75.7 Å². The summed E-state index contributed by atoms with van der Waals surface area (Å²) in [5.41, 5.74) is 1.88. The maximum atomic E-state index is 12.3. The van der Waals surface area contributed by atoms with Crippen molar-refractivity contribution in [2.24, 2.45) is 0 Å². The third-order valence-corrected chi connectivity index (χ3v) is 5.66. The van der Waals surface area contributed by atoms with Crippen molar-refractivity contribution in [1.82, 2.24) is 5.32 Å². The van der Waals surface area contributed by atoms with Crippen LogP contribution in [0.3, 0.4) is 0 Å². The van der Waals surface area contributed by atoms with E-state index < -0.39 is 10.0 Å². The van der Waals surface area contributed by atoms with Gasteiger partial charge in [-0.2, -0.15) is 0 Å². The number of carbonyl (C=O) groups is 1. The average molecular weight is 411 g/mol. The highest BCUT2D eigenvalue weighted by molar-refractivity contribution is 7.92. The van der Waals surface area contributed by atoms with Gasteiger partial charge in [-0.15, -0.1) is 0 Å². The molecule has 0 saturated carbocycles. The molecule has 0 bridgehead atoms. The van der Waals surface area contributed by atoms with Gasteiger partial charge in [-0.1, -0.05) is 23.7 Å². The fraction of sp³-hybridized carbons (Fsp3) is 0.316. The number of hydrogen-bond acceptors (Lipinski definition) is 4. The van der Waals surface area contributed by atoms with Crippen LogP contribution in [0.4, 0.5) is 5.69 Å². The molecular formula is C19H23ClN2O4S. The Balaban J connectivity index is 1.90. The summed E-state index contributed by atoms with van der Waals surface area (Å²) in [7, 11) is -0.331. The number of methoxy groups -OCH3 is 1. The monoisotopic (exact) mass is 410 g/mol. The first-order valence-corrected chi connectivity index (χ1v) is 10.6. The van der Waals surface area contributed by atoms with E-state index in [9.17, 15) is 13.2 Å². The van der Waals surface area contributed by atoms with Crippen molar-refractivity contribution in [2.45, 2.75) is 12.8 Å². The summed E-state index contributed by atoms with van der Waals surface area (Å²) in [5, 5.41) is 3.04. The number of anilines is 1. The lowest BCUT2D eigenvalue weighted by Gasteiger charge is -2.17. The van der Waals surface area contributed by atoms with E-state index in [0.717, 1.165) is 34.7 Å². The van der Waals surface area contributed by atoms with Gasteiger partial charge in [-0.05, 0) is 48.7 Å². The van der Waals surface area contributed by atoms with Crippen molar-refractivity contribution in [3.63, 3.8) is 0 Å². The van der Waals surface area contributed by atoms with Gasteiger partial charge in [-0.25, -0.2) is 8.42 Å². The van der Waals surface area contributed by atoms with Gasteiger partial charge in [0, 0.05) is 13.6 Å². The summed E-state index contributed by atoms with van der Waals surface area (Å²) in [6.45, 7) is 0.506. The zero-order valence-electron chi connectivity index (χ0n) is 15.5. The van der Waals surface area contributed by atoms with Crippen molar-refractivity contribution in [1.29, 1.82) is 0 Å². The number of carbonyl (C=O) groups excluding carboxylic acids is 1. The van der Waals surface area contributed by atoms with Gasteiger partial charge < -0.3 is 10.1 Å². The number of nitrogens with zero attached hydrogens (tertiary/aromatic N) is 1. The van der Waals surface area contributed by atoms with Crippen LogP contribution in [0, 0.1) is 0 Å². The molecule has 0 aliphatic carbocycles. The zero-order chi connectivity index (χ0) is 20.0. The van der Waals surface area contributed by atoms with E-state index in [2.05, 4.69) is 5.32 Å². The predicted octanol–water partition coefficient (Wildman–Crippen LogP) is 3.11. The molecule has 0 fully saturated rings. The normalized spacial score (nSPS) is 11.1. The fourth-order valence-electron chi connectivity index (χ4n) is 2.46. The van der Waals surface area contributed by atoms with Gasteiger partial charge in [0.05, 0.1) is 29.6 Å². The SMILES string of the molecule is COc1ccc(CCCNC(=O)c2ccc(N(C)S(C)(=O)=O)cc2Cl)cc1. The molecule has 0 atom stereocenters. The van der Waals surface area contributed by atoms with Gasteiger partial charge in [0.1, 0.15) is 5.75 Å². The number of rotatable bonds is 8. The number of nitrogens with one attached hydrogen (secondary N) is 1. The largest absolute Gasteiger partial charge is 0.497 e. The Labute approximate surface area is 165 Å². The molecule has 2 rings (SSSR count). The third-order valence-electron chi connectivity index (χ3n) is 4.15. The third kappa shape index (κ3) is 5.87. The summed E-state index contributed by atoms with van der Waals surface area (Å²) in [6, 6.07) is 12.3. The van der Waals surface area contributed by atoms with Crippen LogP contribution < -0.4 is 14.4 Å². The van der Waals surface area contributed by atoms with Crippen molar-refractivity contribution in [2.75, 3.05) is 31.3 Å². The number of aryl methyl sites for hydroxylation is 1. The second-order valence-electron chi connectivity index (χ2n) is 6.10. The van der Waals surface area contributed by atoms with Crippen molar-refractivity contribution >= 4 is 33.2 Å². The first kappa shape index (κ1) is 21.1. The van der Waals surface area contributed by atoms with Crippen LogP contribution in [0.5, 0.6) is 5.75 Å². The summed E-state index contributed by atoms with van der Waals surface area (Å²) >= 11 is 6.16. The number of ether oxygens (including phenoxy) is 1. The molecule has 0 unspecified atom stereocenters. The minimum absolute atomic E-state index is 0.204. The van der Waals surface area contributed by atoms with Crippen LogP contribution in [0.1, 0.15) is 22.3 Å². The molecule has 0 saturated heterocycles. The molecule has 2 aromatic rings. The van der Waals surface area contributed by atoms with Crippen molar-refractivity contribution in [3.8, 4) is 5.75 Å². The number of sulfonamides is 1. The molecule has 6 nitrogen and oxygen atoms in total. The van der Waals surface area contributed by atoms with Gasteiger partial charge in [-0.3, -0.25) is 9.10 Å². The van der Waals surface area contributed by atoms with Gasteiger partial charge in [0.25, 0.3) is 5.91 Å². The molecule has 0 aliphatic heterocycles. The van der Waals surface area contributed by atoms with Crippen LogP contribution in [0.15, 0.2) is 42.5 Å². The molecule has 27 heavy (non-hydrogen) atoms. The molecule has 146 valence electrons. The zero-order valence-corrected chi connectivity index (χ0v) is 17.1. The standard InChI is InChI=1S/C19H23ClN2O4S/c1-22(27(3,24)25)15-8-11-17(18(20)13-15)19(23)21-12-4-5-14-6-9-16(26-2)10-7-14/h6-11,13H,4-5,12H2,1-3H3,(H,21,23). The highest BCUT2D eigenvalue weighted by atomic mass is 35.5. The lowest BCUT2D eigenvalue weighted by Crippen LogP contribution is -2.26. The predicted molar refractivity (Wildman–Crippen MR) is 108 cm³/mol. The minimum atomic E-state index is -3.39. The van der Waals surface area contributed by atoms with Crippen LogP contribution in [-0.2, 0) is 16.4 Å². The maximum Gasteiger partial charge on any atom is 0.252 e. The summed E-state index contributed by atoms with van der Waals surface area (Å²) in [6.07, 6.45) is 2.71. The highest BCUT2D eigenvalue weighted by Gasteiger charge is 2.16. The van der Waals surface area contributed by atoms with Crippen molar-refractivity contribution in [3.05, 3.63) is 58.6 Å². The number of hydrogen-bond donors (Lipinski definition) is 1. The Hall–Kier alpha value is -2.25. The van der Waals surface area contributed by atoms with Crippen LogP contribution in [-0.4, -0.2) is 41.3 Å². The Bertz CT molecular complexity index is 898. The number of halogens is 1. The minimum Gasteiger partial charge on any atom is -0.497 e. The van der Waals surface area contributed by atoms with Crippen LogP contribution in [0.25, 0.3) is 0 Å². The van der Waals surface area contributed by atoms with Crippen LogP contribution in [0.2, 0.25) is 5.02 Å². The van der Waals surface area contributed by atoms with E-state index in [1.54, 1.807) is 13.2 Å². The fourth-order valence-corrected chi connectivity index (χ4v) is 3.21. The number of benzene rings is 2. The second kappa shape index (κ2) is 9.10. The molecule has 0 aliphatic rings. The Morgan fingerprint density at radius 3 is 2.41 bits per heavy atom. The van der Waals surface area contributed by atoms with E-state index in [4.69, 9.17) is 16.3 Å². The summed E-state index contributed by atoms with van der Waals surface area (Å²) in [4.78, 5) is 12.3. The Kier molecular flexibility index (Phi) is 7.10. The van der Waals surface area contributed by atoms with E-state index in [-0.39, 0.29) is 10.9 Å². The smallest absolute Gasteiger partial charge is 0.252 e. The molecule has 0 radical (unpaired) electrons. The molecular weight excluding hydrogens is 388 g/mol. The molecule has 1 N–H and O–H groups in total. The van der Waals surface area contributed by atoms with Gasteiger partial charge in [0.15, 0.2) is 0 Å². The molecule has 0 aromatic heterocycles. The lowest BCUT2D eigenvalue weighted by atomic mass is 10.1. The molecule has 2 aromatic carbocycles. The number of amides is 1. The Morgan fingerprint density at radius 2 is 1.85 bits per heavy atom. The molecule has 0 heterocycles. The summed E-state index contributed by atoms with van der Waals surface area (Å²) in [5.74, 6) is 0.523. The van der Waals surface area contributed by atoms with Crippen molar-refractivity contribution < 1.29 is 17.9 Å². The van der Waals surface area contributed by atoms with Gasteiger partial charge in [0.2, 0.25) is 10.0 Å². The quantitative estimate of drug-likeness (QED) is 0.678. The second-order valence-corrected chi connectivity index (χ2v) is 8.52. The maximum absolute atomic E-state index is 12.3. The summed E-state index contributed by atoms with van der Waals surface area (Å²) < 4.78 is 29.4. The first-order chi connectivity index (χ1) is 12.7. The first-order valence-electron chi connectivity index (χ1n) is 8.37. The van der Waals surface area contributed by atoms with E-state index in [1.807, 2.05) is 24.3 Å². The Morgan fingerprint density at radius 1 is 1.19 bits per heavy atom. The lowest BCUT2D eigenvalue weighted by molar-refractivity contribution is 0.0953. The van der Waals surface area contributed by atoms with E-state index >= 15 is 0 Å². The average Bonchev–Trinajstić information content (AvgIpc) is 2.64. The van der Waals surface area contributed by atoms with Gasteiger partial charge >= 0.3 is 0 Å². The van der Waals surface area contributed by atoms with E-state index in [0.29, 0.717) is 17.8 Å². The van der Waals surface area contributed by atoms with E-state index in [1.165, 1.54) is 19.2 Å². The van der Waals surface area contributed by atoms with Crippen LogP contribution >= 0.6 is 11.6 Å². The molecule has 8 heteroatoms. The molecule has 0 spiro atoms. The molecule has 1 amide bonds.